The molecule has 24 heavy (non-hydrogen) atoms. The number of nitrogens with zero attached hydrogens (tertiary/aromatic N) is 2. The molecule has 0 bridgehead atoms. The Morgan fingerprint density at radius 3 is 2.17 bits per heavy atom. The summed E-state index contributed by atoms with van der Waals surface area (Å²) >= 11 is 0. The average molecular weight is 321 g/mol. The Morgan fingerprint density at radius 2 is 1.58 bits per heavy atom. The maximum absolute atomic E-state index is 12.5. The van der Waals surface area contributed by atoms with Gasteiger partial charge in [-0.05, 0) is 42.8 Å². The van der Waals surface area contributed by atoms with Crippen LogP contribution < -0.4 is 15.3 Å². The lowest BCUT2D eigenvalue weighted by Crippen LogP contribution is -2.35. The first-order valence-corrected chi connectivity index (χ1v) is 7.67. The molecule has 1 heterocycles. The molecule has 0 unspecified atom stereocenters. The first kappa shape index (κ1) is 15.8. The third kappa shape index (κ3) is 3.01. The van der Waals surface area contributed by atoms with Gasteiger partial charge in [-0.25, -0.2) is 5.01 Å². The van der Waals surface area contributed by atoms with Crippen LogP contribution in [0.1, 0.15) is 11.1 Å². The minimum absolute atomic E-state index is 0.133. The SMILES string of the molecule is Cc1ccc(N2NC(=O)C(=Cc3ccc(N(C)C)cc3)C2=O)cc1. The first-order valence-electron chi connectivity index (χ1n) is 7.67. The van der Waals surface area contributed by atoms with Crippen LogP contribution in [-0.4, -0.2) is 25.9 Å². The van der Waals surface area contributed by atoms with E-state index in [2.05, 4.69) is 5.43 Å². The van der Waals surface area contributed by atoms with Crippen molar-refractivity contribution in [1.82, 2.24) is 5.43 Å². The summed E-state index contributed by atoms with van der Waals surface area (Å²) < 4.78 is 0. The second kappa shape index (κ2) is 6.20. The van der Waals surface area contributed by atoms with Crippen molar-refractivity contribution in [2.75, 3.05) is 24.0 Å². The Kier molecular flexibility index (Phi) is 4.08. The molecule has 122 valence electrons. The molecule has 0 atom stereocenters. The fraction of sp³-hybridized carbons (Fsp3) is 0.158. The van der Waals surface area contributed by atoms with Gasteiger partial charge in [0, 0.05) is 19.8 Å². The van der Waals surface area contributed by atoms with Crippen molar-refractivity contribution in [2.45, 2.75) is 6.92 Å². The molecular weight excluding hydrogens is 302 g/mol. The summed E-state index contributed by atoms with van der Waals surface area (Å²) in [6, 6.07) is 15.1. The molecule has 3 rings (SSSR count). The van der Waals surface area contributed by atoms with E-state index < -0.39 is 5.91 Å². The zero-order valence-electron chi connectivity index (χ0n) is 13.9. The third-order valence-corrected chi connectivity index (χ3v) is 3.90. The van der Waals surface area contributed by atoms with Gasteiger partial charge in [-0.15, -0.1) is 0 Å². The molecule has 1 saturated heterocycles. The predicted molar refractivity (Wildman–Crippen MR) is 95.6 cm³/mol. The largest absolute Gasteiger partial charge is 0.378 e. The maximum Gasteiger partial charge on any atom is 0.282 e. The molecule has 0 spiro atoms. The van der Waals surface area contributed by atoms with E-state index in [1.807, 2.05) is 74.4 Å². The molecular formula is C19H19N3O2. The smallest absolute Gasteiger partial charge is 0.282 e. The summed E-state index contributed by atoms with van der Waals surface area (Å²) in [5, 5.41) is 1.28. The van der Waals surface area contributed by atoms with Gasteiger partial charge in [0.05, 0.1) is 5.69 Å². The molecule has 2 aromatic carbocycles. The van der Waals surface area contributed by atoms with Crippen LogP contribution in [0.5, 0.6) is 0 Å². The summed E-state index contributed by atoms with van der Waals surface area (Å²) in [4.78, 5) is 26.7. The lowest BCUT2D eigenvalue weighted by molar-refractivity contribution is -0.117. The maximum atomic E-state index is 12.5. The lowest BCUT2D eigenvalue weighted by Gasteiger charge is -2.14. The summed E-state index contributed by atoms with van der Waals surface area (Å²) in [6.07, 6.45) is 1.62. The van der Waals surface area contributed by atoms with E-state index in [0.29, 0.717) is 5.69 Å². The van der Waals surface area contributed by atoms with Gasteiger partial charge in [-0.2, -0.15) is 0 Å². The fourth-order valence-corrected chi connectivity index (χ4v) is 2.47. The zero-order chi connectivity index (χ0) is 17.3. The van der Waals surface area contributed by atoms with Gasteiger partial charge < -0.3 is 4.90 Å². The van der Waals surface area contributed by atoms with Gasteiger partial charge >= 0.3 is 0 Å². The van der Waals surface area contributed by atoms with E-state index in [9.17, 15) is 9.59 Å². The number of carbonyl (C=O) groups is 2. The average Bonchev–Trinajstić information content (AvgIpc) is 2.84. The van der Waals surface area contributed by atoms with Crippen molar-refractivity contribution in [3.05, 3.63) is 65.2 Å². The normalized spacial score (nSPS) is 15.8. The molecule has 2 aromatic rings. The summed E-state index contributed by atoms with van der Waals surface area (Å²) in [5.41, 5.74) is 6.34. The molecule has 0 aromatic heterocycles. The Hall–Kier alpha value is -3.08. The van der Waals surface area contributed by atoms with Crippen molar-refractivity contribution in [3.8, 4) is 0 Å². The van der Waals surface area contributed by atoms with Crippen molar-refractivity contribution < 1.29 is 9.59 Å². The number of hydrogen-bond acceptors (Lipinski definition) is 3. The van der Waals surface area contributed by atoms with Crippen molar-refractivity contribution >= 4 is 29.3 Å². The van der Waals surface area contributed by atoms with E-state index in [1.165, 1.54) is 5.01 Å². The van der Waals surface area contributed by atoms with Crippen LogP contribution in [0.2, 0.25) is 0 Å². The van der Waals surface area contributed by atoms with Gasteiger partial charge in [0.15, 0.2) is 0 Å². The summed E-state index contributed by atoms with van der Waals surface area (Å²) in [7, 11) is 3.92. The Bertz CT molecular complexity index is 806. The summed E-state index contributed by atoms with van der Waals surface area (Å²) in [5.74, 6) is -0.738. The molecule has 1 aliphatic rings. The molecule has 0 aliphatic carbocycles. The van der Waals surface area contributed by atoms with Gasteiger partial charge in [0.1, 0.15) is 5.57 Å². The Labute approximate surface area is 141 Å². The van der Waals surface area contributed by atoms with Crippen LogP contribution in [0.3, 0.4) is 0 Å². The van der Waals surface area contributed by atoms with Gasteiger partial charge in [0.2, 0.25) is 0 Å². The first-order chi connectivity index (χ1) is 11.5. The van der Waals surface area contributed by atoms with Crippen LogP contribution >= 0.6 is 0 Å². The highest BCUT2D eigenvalue weighted by Crippen LogP contribution is 2.22. The standard InChI is InChI=1S/C19H19N3O2/c1-13-4-8-16(9-5-13)22-19(24)17(18(23)20-22)12-14-6-10-15(11-7-14)21(2)3/h4-12H,1-3H3,(H,20,23). The molecule has 5 nitrogen and oxygen atoms in total. The highest BCUT2D eigenvalue weighted by atomic mass is 16.2. The van der Waals surface area contributed by atoms with Crippen LogP contribution in [-0.2, 0) is 9.59 Å². The molecule has 2 amide bonds. The van der Waals surface area contributed by atoms with E-state index in [4.69, 9.17) is 0 Å². The van der Waals surface area contributed by atoms with Crippen molar-refractivity contribution in [1.29, 1.82) is 0 Å². The highest BCUT2D eigenvalue weighted by molar-refractivity contribution is 6.31. The highest BCUT2D eigenvalue weighted by Gasteiger charge is 2.34. The second-order valence-electron chi connectivity index (χ2n) is 5.96. The number of benzene rings is 2. The van der Waals surface area contributed by atoms with Crippen LogP contribution in [0, 0.1) is 6.92 Å². The number of aryl methyl sites for hydroxylation is 1. The van der Waals surface area contributed by atoms with E-state index in [0.717, 1.165) is 16.8 Å². The fourth-order valence-electron chi connectivity index (χ4n) is 2.47. The van der Waals surface area contributed by atoms with E-state index >= 15 is 0 Å². The third-order valence-electron chi connectivity index (χ3n) is 3.90. The number of hydrogen-bond donors (Lipinski definition) is 1. The quantitative estimate of drug-likeness (QED) is 0.698. The molecule has 5 heteroatoms. The topological polar surface area (TPSA) is 52.7 Å². The lowest BCUT2D eigenvalue weighted by atomic mass is 10.1. The van der Waals surface area contributed by atoms with E-state index in [1.54, 1.807) is 6.08 Å². The predicted octanol–water partition coefficient (Wildman–Crippen LogP) is 2.52. The molecule has 0 saturated carbocycles. The second-order valence-corrected chi connectivity index (χ2v) is 5.96. The minimum atomic E-state index is -0.391. The molecule has 1 fully saturated rings. The van der Waals surface area contributed by atoms with Crippen molar-refractivity contribution in [3.63, 3.8) is 0 Å². The van der Waals surface area contributed by atoms with E-state index in [-0.39, 0.29) is 11.5 Å². The molecule has 1 N–H and O–H groups in total. The summed E-state index contributed by atoms with van der Waals surface area (Å²) in [6.45, 7) is 1.97. The van der Waals surface area contributed by atoms with Gasteiger partial charge in [-0.3, -0.25) is 15.0 Å². The van der Waals surface area contributed by atoms with Crippen molar-refractivity contribution in [2.24, 2.45) is 0 Å². The van der Waals surface area contributed by atoms with Crippen LogP contribution in [0.25, 0.3) is 6.08 Å². The number of hydrazine groups is 1. The number of nitrogens with one attached hydrogen (secondary N) is 1. The van der Waals surface area contributed by atoms with Gasteiger partial charge in [0.25, 0.3) is 11.8 Å². The minimum Gasteiger partial charge on any atom is -0.378 e. The number of rotatable bonds is 3. The monoisotopic (exact) mass is 321 g/mol. The number of anilines is 2. The molecule has 1 aliphatic heterocycles. The van der Waals surface area contributed by atoms with Gasteiger partial charge in [-0.1, -0.05) is 29.8 Å². The van der Waals surface area contributed by atoms with Crippen LogP contribution in [0.4, 0.5) is 11.4 Å². The van der Waals surface area contributed by atoms with Crippen LogP contribution in [0.15, 0.2) is 54.1 Å². The Balaban J connectivity index is 1.87. The molecule has 0 radical (unpaired) electrons. The number of amides is 2. The number of carbonyl (C=O) groups excluding carboxylic acids is 2. The Morgan fingerprint density at radius 1 is 0.958 bits per heavy atom. The zero-order valence-corrected chi connectivity index (χ0v) is 13.9.